The van der Waals surface area contributed by atoms with Crippen LogP contribution in [0.4, 0.5) is 5.69 Å². The number of nitrogens with one attached hydrogen (secondary N) is 1. The SMILES string of the molecule is Cc1cccc(N2CCN(CCCCNS(=O)(=O)c3ccccc3)CC2)c1. The van der Waals surface area contributed by atoms with Crippen LogP contribution in [0.5, 0.6) is 0 Å². The molecule has 0 spiro atoms. The third-order valence-electron chi connectivity index (χ3n) is 4.99. The summed E-state index contributed by atoms with van der Waals surface area (Å²) in [6.45, 7) is 7.85. The van der Waals surface area contributed by atoms with Crippen LogP contribution < -0.4 is 9.62 Å². The van der Waals surface area contributed by atoms with Crippen molar-refractivity contribution in [1.82, 2.24) is 9.62 Å². The number of unbranched alkanes of at least 4 members (excludes halogenated alkanes) is 1. The summed E-state index contributed by atoms with van der Waals surface area (Å²) in [6, 6.07) is 17.2. The molecule has 1 fully saturated rings. The van der Waals surface area contributed by atoms with Gasteiger partial charge >= 0.3 is 0 Å². The molecule has 0 aromatic heterocycles. The highest BCUT2D eigenvalue weighted by atomic mass is 32.2. The fourth-order valence-electron chi connectivity index (χ4n) is 3.40. The Balaban J connectivity index is 1.34. The molecule has 1 heterocycles. The lowest BCUT2D eigenvalue weighted by Crippen LogP contribution is -2.46. The molecule has 2 aromatic rings. The van der Waals surface area contributed by atoms with Crippen LogP contribution in [-0.2, 0) is 10.0 Å². The standard InChI is InChI=1S/C21H29N3O2S/c1-19-8-7-9-20(18-19)24-16-14-23(15-17-24)13-6-5-12-22-27(25,26)21-10-3-2-4-11-21/h2-4,7-11,18,22H,5-6,12-17H2,1H3. The van der Waals surface area contributed by atoms with E-state index in [9.17, 15) is 8.42 Å². The van der Waals surface area contributed by atoms with E-state index in [0.717, 1.165) is 45.6 Å². The van der Waals surface area contributed by atoms with Gasteiger partial charge in [0.15, 0.2) is 0 Å². The molecular formula is C21H29N3O2S. The van der Waals surface area contributed by atoms with Gasteiger partial charge in [-0.2, -0.15) is 0 Å². The van der Waals surface area contributed by atoms with Crippen LogP contribution in [-0.4, -0.2) is 52.6 Å². The van der Waals surface area contributed by atoms with Crippen molar-refractivity contribution in [2.24, 2.45) is 0 Å². The van der Waals surface area contributed by atoms with Gasteiger partial charge in [0, 0.05) is 38.4 Å². The zero-order valence-corrected chi connectivity index (χ0v) is 16.8. The lowest BCUT2D eigenvalue weighted by molar-refractivity contribution is 0.253. The van der Waals surface area contributed by atoms with Gasteiger partial charge in [0.1, 0.15) is 0 Å². The van der Waals surface area contributed by atoms with E-state index in [0.29, 0.717) is 11.4 Å². The smallest absolute Gasteiger partial charge is 0.240 e. The van der Waals surface area contributed by atoms with E-state index in [1.807, 2.05) is 6.07 Å². The molecule has 27 heavy (non-hydrogen) atoms. The van der Waals surface area contributed by atoms with Gasteiger partial charge in [-0.1, -0.05) is 30.3 Å². The van der Waals surface area contributed by atoms with Crippen LogP contribution in [0.2, 0.25) is 0 Å². The maximum absolute atomic E-state index is 12.2. The predicted octanol–water partition coefficient (Wildman–Crippen LogP) is 2.88. The van der Waals surface area contributed by atoms with Crippen molar-refractivity contribution in [3.8, 4) is 0 Å². The Morgan fingerprint density at radius 3 is 2.37 bits per heavy atom. The summed E-state index contributed by atoms with van der Waals surface area (Å²) in [5, 5.41) is 0. The van der Waals surface area contributed by atoms with Gasteiger partial charge in [-0.3, -0.25) is 4.90 Å². The average Bonchev–Trinajstić information content (AvgIpc) is 2.69. The Hall–Kier alpha value is -1.89. The first-order chi connectivity index (χ1) is 13.0. The largest absolute Gasteiger partial charge is 0.369 e. The van der Waals surface area contributed by atoms with Gasteiger partial charge in [0.05, 0.1) is 4.90 Å². The molecule has 0 radical (unpaired) electrons. The van der Waals surface area contributed by atoms with Crippen LogP contribution >= 0.6 is 0 Å². The molecule has 1 N–H and O–H groups in total. The lowest BCUT2D eigenvalue weighted by atomic mass is 10.2. The number of benzene rings is 2. The first-order valence-electron chi connectivity index (χ1n) is 9.63. The minimum atomic E-state index is -3.38. The Morgan fingerprint density at radius 2 is 1.67 bits per heavy atom. The fourth-order valence-corrected chi connectivity index (χ4v) is 4.50. The molecule has 2 aromatic carbocycles. The number of hydrogen-bond donors (Lipinski definition) is 1. The number of hydrogen-bond acceptors (Lipinski definition) is 4. The Labute approximate surface area is 163 Å². The van der Waals surface area contributed by atoms with Gasteiger partial charge < -0.3 is 4.90 Å². The zero-order chi connectivity index (χ0) is 19.1. The quantitative estimate of drug-likeness (QED) is 0.708. The van der Waals surface area contributed by atoms with Crippen molar-refractivity contribution in [3.63, 3.8) is 0 Å². The summed E-state index contributed by atoms with van der Waals surface area (Å²) in [7, 11) is -3.38. The van der Waals surface area contributed by atoms with E-state index in [1.54, 1.807) is 24.3 Å². The van der Waals surface area contributed by atoms with Crippen LogP contribution in [0.3, 0.4) is 0 Å². The number of anilines is 1. The second-order valence-electron chi connectivity index (χ2n) is 7.09. The average molecular weight is 388 g/mol. The first kappa shape index (κ1) is 19.9. The number of sulfonamides is 1. The normalized spacial score (nSPS) is 15.8. The second kappa shape index (κ2) is 9.35. The van der Waals surface area contributed by atoms with Crippen LogP contribution in [0.15, 0.2) is 59.5 Å². The maximum Gasteiger partial charge on any atom is 0.240 e. The van der Waals surface area contributed by atoms with Crippen LogP contribution in [0, 0.1) is 6.92 Å². The Kier molecular flexibility index (Phi) is 6.88. The summed E-state index contributed by atoms with van der Waals surface area (Å²) in [6.07, 6.45) is 1.85. The van der Waals surface area contributed by atoms with Crippen molar-refractivity contribution in [2.75, 3.05) is 44.2 Å². The van der Waals surface area contributed by atoms with E-state index in [-0.39, 0.29) is 0 Å². The molecule has 3 rings (SSSR count). The summed E-state index contributed by atoms with van der Waals surface area (Å²) in [5.74, 6) is 0. The fraction of sp³-hybridized carbons (Fsp3) is 0.429. The number of nitrogens with zero attached hydrogens (tertiary/aromatic N) is 2. The number of rotatable bonds is 8. The van der Waals surface area contributed by atoms with Crippen molar-refractivity contribution in [3.05, 3.63) is 60.2 Å². The summed E-state index contributed by atoms with van der Waals surface area (Å²) in [5.41, 5.74) is 2.61. The molecule has 0 amide bonds. The Morgan fingerprint density at radius 1 is 0.926 bits per heavy atom. The third kappa shape index (κ3) is 5.79. The van der Waals surface area contributed by atoms with Gasteiger partial charge in [-0.05, 0) is 56.1 Å². The zero-order valence-electron chi connectivity index (χ0n) is 16.0. The summed E-state index contributed by atoms with van der Waals surface area (Å²) >= 11 is 0. The van der Waals surface area contributed by atoms with Crippen molar-refractivity contribution >= 4 is 15.7 Å². The predicted molar refractivity (Wildman–Crippen MR) is 111 cm³/mol. The first-order valence-corrected chi connectivity index (χ1v) is 11.1. The number of piperazine rings is 1. The summed E-state index contributed by atoms with van der Waals surface area (Å²) in [4.78, 5) is 5.24. The molecule has 5 nitrogen and oxygen atoms in total. The lowest BCUT2D eigenvalue weighted by Gasteiger charge is -2.36. The Bertz CT molecular complexity index is 816. The summed E-state index contributed by atoms with van der Waals surface area (Å²) < 4.78 is 27.0. The molecule has 0 aliphatic carbocycles. The topological polar surface area (TPSA) is 52.6 Å². The highest BCUT2D eigenvalue weighted by Gasteiger charge is 2.17. The van der Waals surface area contributed by atoms with E-state index in [2.05, 4.69) is 45.7 Å². The van der Waals surface area contributed by atoms with Gasteiger partial charge in [0.25, 0.3) is 0 Å². The van der Waals surface area contributed by atoms with Gasteiger partial charge in [-0.15, -0.1) is 0 Å². The van der Waals surface area contributed by atoms with E-state index < -0.39 is 10.0 Å². The van der Waals surface area contributed by atoms with Crippen molar-refractivity contribution < 1.29 is 8.42 Å². The van der Waals surface area contributed by atoms with E-state index >= 15 is 0 Å². The molecule has 1 aliphatic heterocycles. The maximum atomic E-state index is 12.2. The van der Waals surface area contributed by atoms with Crippen molar-refractivity contribution in [1.29, 1.82) is 0 Å². The van der Waals surface area contributed by atoms with Crippen LogP contribution in [0.25, 0.3) is 0 Å². The van der Waals surface area contributed by atoms with Gasteiger partial charge in [0.2, 0.25) is 10.0 Å². The second-order valence-corrected chi connectivity index (χ2v) is 8.85. The molecule has 0 saturated carbocycles. The highest BCUT2D eigenvalue weighted by Crippen LogP contribution is 2.18. The number of aryl methyl sites for hydroxylation is 1. The van der Waals surface area contributed by atoms with Crippen LogP contribution in [0.1, 0.15) is 18.4 Å². The minimum absolute atomic E-state index is 0.331. The highest BCUT2D eigenvalue weighted by molar-refractivity contribution is 7.89. The monoisotopic (exact) mass is 387 g/mol. The van der Waals surface area contributed by atoms with E-state index in [1.165, 1.54) is 11.3 Å². The molecule has 146 valence electrons. The molecule has 1 aliphatic rings. The van der Waals surface area contributed by atoms with Gasteiger partial charge in [-0.25, -0.2) is 13.1 Å². The molecule has 0 atom stereocenters. The third-order valence-corrected chi connectivity index (χ3v) is 6.46. The van der Waals surface area contributed by atoms with E-state index in [4.69, 9.17) is 0 Å². The molecule has 0 bridgehead atoms. The minimum Gasteiger partial charge on any atom is -0.369 e. The molecular weight excluding hydrogens is 358 g/mol. The van der Waals surface area contributed by atoms with Crippen molar-refractivity contribution in [2.45, 2.75) is 24.7 Å². The molecule has 1 saturated heterocycles. The molecule has 0 unspecified atom stereocenters. The molecule has 6 heteroatoms.